The van der Waals surface area contributed by atoms with Crippen LogP contribution in [0.3, 0.4) is 0 Å². The normalized spacial score (nSPS) is 17.7. The number of ether oxygens (including phenoxy) is 1. The van der Waals surface area contributed by atoms with Gasteiger partial charge in [0.1, 0.15) is 5.54 Å². The predicted molar refractivity (Wildman–Crippen MR) is 67.4 cm³/mol. The van der Waals surface area contributed by atoms with Gasteiger partial charge in [0.05, 0.1) is 13.2 Å². The van der Waals surface area contributed by atoms with Crippen LogP contribution >= 0.6 is 11.8 Å². The molecule has 8 heteroatoms. The third-order valence-electron chi connectivity index (χ3n) is 3.03. The van der Waals surface area contributed by atoms with Gasteiger partial charge >= 0.3 is 5.97 Å². The molecule has 1 aromatic rings. The van der Waals surface area contributed by atoms with Crippen LogP contribution in [0.15, 0.2) is 10.6 Å². The van der Waals surface area contributed by atoms with E-state index in [1.54, 1.807) is 11.8 Å². The lowest BCUT2D eigenvalue weighted by molar-refractivity contribution is -0.144. The monoisotopic (exact) mass is 286 g/mol. The van der Waals surface area contributed by atoms with Crippen molar-refractivity contribution in [1.82, 2.24) is 10.5 Å². The molecule has 1 aliphatic heterocycles. The Morgan fingerprint density at radius 3 is 2.74 bits per heavy atom. The van der Waals surface area contributed by atoms with Crippen LogP contribution in [-0.4, -0.2) is 46.3 Å². The van der Waals surface area contributed by atoms with Crippen molar-refractivity contribution in [2.24, 2.45) is 0 Å². The standard InChI is InChI=1S/C11H14N2O5S/c1-17-8-6-7(18-13-8)9(14)12-11(10(15)16)2-4-19-5-3-11/h6H,2-5H2,1H3,(H,12,14)(H,15,16). The van der Waals surface area contributed by atoms with Gasteiger partial charge in [-0.05, 0) is 29.5 Å². The molecular formula is C11H14N2O5S. The van der Waals surface area contributed by atoms with Crippen LogP contribution in [0.5, 0.6) is 5.88 Å². The van der Waals surface area contributed by atoms with Gasteiger partial charge in [0, 0.05) is 0 Å². The first-order valence-electron chi connectivity index (χ1n) is 5.72. The maximum absolute atomic E-state index is 12.0. The quantitative estimate of drug-likeness (QED) is 0.842. The number of nitrogens with zero attached hydrogens (tertiary/aromatic N) is 1. The van der Waals surface area contributed by atoms with Crippen molar-refractivity contribution in [1.29, 1.82) is 0 Å². The number of hydrogen-bond donors (Lipinski definition) is 2. The zero-order valence-corrected chi connectivity index (χ0v) is 11.2. The minimum absolute atomic E-state index is 0.0595. The molecule has 2 N–H and O–H groups in total. The fourth-order valence-electron chi connectivity index (χ4n) is 1.85. The number of nitrogens with one attached hydrogen (secondary N) is 1. The van der Waals surface area contributed by atoms with E-state index in [1.165, 1.54) is 13.2 Å². The number of carboxylic acids is 1. The molecule has 1 amide bonds. The topological polar surface area (TPSA) is 102 Å². The van der Waals surface area contributed by atoms with Crippen LogP contribution in [0, 0.1) is 0 Å². The number of carbonyl (C=O) groups is 2. The van der Waals surface area contributed by atoms with Crippen LogP contribution in [0.2, 0.25) is 0 Å². The summed E-state index contributed by atoms with van der Waals surface area (Å²) in [5.74, 6) is -0.0966. The van der Waals surface area contributed by atoms with Crippen molar-refractivity contribution in [2.75, 3.05) is 18.6 Å². The van der Waals surface area contributed by atoms with Crippen molar-refractivity contribution < 1.29 is 24.0 Å². The Morgan fingerprint density at radius 2 is 2.21 bits per heavy atom. The number of thioether (sulfide) groups is 1. The first-order valence-corrected chi connectivity index (χ1v) is 6.87. The summed E-state index contributed by atoms with van der Waals surface area (Å²) < 4.78 is 9.60. The van der Waals surface area contributed by atoms with Gasteiger partial charge in [0.15, 0.2) is 0 Å². The molecule has 2 rings (SSSR count). The Labute approximate surface area is 113 Å². The lowest BCUT2D eigenvalue weighted by Crippen LogP contribution is -2.56. The second kappa shape index (κ2) is 5.52. The molecular weight excluding hydrogens is 272 g/mol. The molecule has 0 aromatic carbocycles. The Bertz CT molecular complexity index is 481. The number of aliphatic carboxylic acids is 1. The highest BCUT2D eigenvalue weighted by molar-refractivity contribution is 7.99. The zero-order chi connectivity index (χ0) is 13.9. The van der Waals surface area contributed by atoms with E-state index in [-0.39, 0.29) is 11.6 Å². The van der Waals surface area contributed by atoms with E-state index < -0.39 is 17.4 Å². The molecule has 104 valence electrons. The SMILES string of the molecule is COc1cc(C(=O)NC2(C(=O)O)CCSCC2)on1. The van der Waals surface area contributed by atoms with Crippen molar-refractivity contribution in [3.05, 3.63) is 11.8 Å². The van der Waals surface area contributed by atoms with E-state index in [0.29, 0.717) is 24.3 Å². The lowest BCUT2D eigenvalue weighted by atomic mass is 9.92. The van der Waals surface area contributed by atoms with Crippen molar-refractivity contribution >= 4 is 23.6 Å². The highest BCUT2D eigenvalue weighted by Crippen LogP contribution is 2.28. The van der Waals surface area contributed by atoms with Crippen LogP contribution < -0.4 is 10.1 Å². The first kappa shape index (κ1) is 13.7. The molecule has 1 aliphatic rings. The molecule has 0 bridgehead atoms. The summed E-state index contributed by atoms with van der Waals surface area (Å²) in [6, 6.07) is 1.32. The van der Waals surface area contributed by atoms with E-state index in [0.717, 1.165) is 0 Å². The number of aromatic nitrogens is 1. The fourth-order valence-corrected chi connectivity index (χ4v) is 3.04. The summed E-state index contributed by atoms with van der Waals surface area (Å²) in [5, 5.41) is 15.4. The van der Waals surface area contributed by atoms with Gasteiger partial charge < -0.3 is 19.7 Å². The van der Waals surface area contributed by atoms with Crippen molar-refractivity contribution in [3.63, 3.8) is 0 Å². The van der Waals surface area contributed by atoms with Crippen LogP contribution in [0.25, 0.3) is 0 Å². The molecule has 2 heterocycles. The van der Waals surface area contributed by atoms with E-state index in [4.69, 9.17) is 9.26 Å². The molecule has 19 heavy (non-hydrogen) atoms. The van der Waals surface area contributed by atoms with Crippen molar-refractivity contribution in [3.8, 4) is 5.88 Å². The first-order chi connectivity index (χ1) is 9.07. The molecule has 0 spiro atoms. The van der Waals surface area contributed by atoms with Gasteiger partial charge in [0.25, 0.3) is 11.8 Å². The maximum Gasteiger partial charge on any atom is 0.329 e. The average Bonchev–Trinajstić information content (AvgIpc) is 2.88. The fraction of sp³-hybridized carbons (Fsp3) is 0.545. The molecule has 0 saturated carbocycles. The van der Waals surface area contributed by atoms with Gasteiger partial charge in [0.2, 0.25) is 5.76 Å². The molecule has 0 atom stereocenters. The number of carbonyl (C=O) groups excluding carboxylic acids is 1. The van der Waals surface area contributed by atoms with Gasteiger partial charge in [-0.25, -0.2) is 4.79 Å². The third kappa shape index (κ3) is 2.83. The van der Waals surface area contributed by atoms with E-state index in [2.05, 4.69) is 10.5 Å². The Morgan fingerprint density at radius 1 is 1.53 bits per heavy atom. The van der Waals surface area contributed by atoms with Crippen LogP contribution in [0.4, 0.5) is 0 Å². The Kier molecular flexibility index (Phi) is 3.98. The predicted octanol–water partition coefficient (Wildman–Crippen LogP) is 0.763. The number of methoxy groups -OCH3 is 1. The van der Waals surface area contributed by atoms with Gasteiger partial charge in [-0.2, -0.15) is 11.8 Å². The maximum atomic E-state index is 12.0. The van der Waals surface area contributed by atoms with Crippen molar-refractivity contribution in [2.45, 2.75) is 18.4 Å². The molecule has 7 nitrogen and oxygen atoms in total. The summed E-state index contributed by atoms with van der Waals surface area (Å²) in [4.78, 5) is 23.4. The highest BCUT2D eigenvalue weighted by Gasteiger charge is 2.42. The Balaban J connectivity index is 2.12. The number of rotatable bonds is 4. The van der Waals surface area contributed by atoms with E-state index >= 15 is 0 Å². The Hall–Kier alpha value is -1.70. The summed E-state index contributed by atoms with van der Waals surface area (Å²) in [7, 11) is 1.40. The number of carboxylic acid groups (broad SMARTS) is 1. The zero-order valence-electron chi connectivity index (χ0n) is 10.3. The smallest absolute Gasteiger partial charge is 0.329 e. The lowest BCUT2D eigenvalue weighted by Gasteiger charge is -2.33. The molecule has 0 aliphatic carbocycles. The summed E-state index contributed by atoms with van der Waals surface area (Å²) in [6.07, 6.45) is 0.786. The van der Waals surface area contributed by atoms with E-state index in [1.807, 2.05) is 0 Å². The molecule has 0 unspecified atom stereocenters. The van der Waals surface area contributed by atoms with Gasteiger partial charge in [-0.3, -0.25) is 4.79 Å². The molecule has 1 fully saturated rings. The average molecular weight is 286 g/mol. The van der Waals surface area contributed by atoms with Crippen LogP contribution in [-0.2, 0) is 4.79 Å². The van der Waals surface area contributed by atoms with Gasteiger partial charge in [-0.1, -0.05) is 0 Å². The minimum Gasteiger partial charge on any atom is -0.480 e. The number of amides is 1. The summed E-state index contributed by atoms with van der Waals surface area (Å²) >= 11 is 1.67. The van der Waals surface area contributed by atoms with E-state index in [9.17, 15) is 14.7 Å². The third-order valence-corrected chi connectivity index (χ3v) is 4.02. The number of hydrogen-bond acceptors (Lipinski definition) is 6. The summed E-state index contributed by atoms with van der Waals surface area (Å²) in [5.41, 5.74) is -1.22. The molecule has 1 aromatic heterocycles. The minimum atomic E-state index is -1.22. The second-order valence-corrected chi connectivity index (χ2v) is 5.41. The molecule has 1 saturated heterocycles. The van der Waals surface area contributed by atoms with Crippen LogP contribution in [0.1, 0.15) is 23.4 Å². The van der Waals surface area contributed by atoms with Gasteiger partial charge in [-0.15, -0.1) is 0 Å². The summed E-state index contributed by atoms with van der Waals surface area (Å²) in [6.45, 7) is 0. The molecule has 0 radical (unpaired) electrons. The largest absolute Gasteiger partial charge is 0.480 e. The highest BCUT2D eigenvalue weighted by atomic mass is 32.2. The second-order valence-electron chi connectivity index (χ2n) is 4.19.